The van der Waals surface area contributed by atoms with Crippen molar-refractivity contribution in [2.24, 2.45) is 0 Å². The quantitative estimate of drug-likeness (QED) is 0.375. The average Bonchev–Trinajstić information content (AvgIpc) is 2.78. The zero-order valence-electron chi connectivity index (χ0n) is 18.9. The molecule has 0 atom stereocenters. The lowest BCUT2D eigenvalue weighted by atomic mass is 10.0. The SMILES string of the molecule is O=C(Nc1ccccc1C(=O)Nc1ccc(Br)cn1)c1ccc(C(N2CCC2)=[N+]2CCC2)cc1F. The van der Waals surface area contributed by atoms with Gasteiger partial charge in [0.2, 0.25) is 0 Å². The Balaban J connectivity index is 1.35. The molecule has 1 aromatic heterocycles. The van der Waals surface area contributed by atoms with Gasteiger partial charge in [-0.2, -0.15) is 0 Å². The molecule has 0 unspecified atom stereocenters. The summed E-state index contributed by atoms with van der Waals surface area (Å²) in [5.41, 5.74) is 1.23. The number of halogens is 2. The first-order valence-electron chi connectivity index (χ1n) is 11.5. The highest BCUT2D eigenvalue weighted by molar-refractivity contribution is 9.10. The fraction of sp³-hybridized carbons (Fsp3) is 0.231. The maximum absolute atomic E-state index is 15.1. The van der Waals surface area contributed by atoms with Gasteiger partial charge < -0.3 is 10.6 Å². The molecule has 2 aromatic carbocycles. The van der Waals surface area contributed by atoms with Crippen LogP contribution in [0.4, 0.5) is 15.9 Å². The fourth-order valence-corrected chi connectivity index (χ4v) is 4.31. The second kappa shape index (κ2) is 9.95. The third kappa shape index (κ3) is 4.95. The lowest BCUT2D eigenvalue weighted by molar-refractivity contribution is -0.587. The van der Waals surface area contributed by atoms with Gasteiger partial charge in [-0.05, 0) is 58.4 Å². The van der Waals surface area contributed by atoms with E-state index in [-0.39, 0.29) is 16.8 Å². The molecule has 0 aliphatic carbocycles. The molecular weight excluding hydrogens is 513 g/mol. The van der Waals surface area contributed by atoms with Gasteiger partial charge in [-0.3, -0.25) is 19.1 Å². The van der Waals surface area contributed by atoms with Crippen molar-refractivity contribution in [3.05, 3.63) is 87.8 Å². The summed E-state index contributed by atoms with van der Waals surface area (Å²) < 4.78 is 18.2. The van der Waals surface area contributed by atoms with Gasteiger partial charge in [0.05, 0.1) is 48.6 Å². The smallest absolute Gasteiger partial charge is 0.279 e. The minimum Gasteiger partial charge on any atom is -0.321 e. The van der Waals surface area contributed by atoms with E-state index in [1.165, 1.54) is 12.1 Å². The number of anilines is 2. The lowest BCUT2D eigenvalue weighted by Crippen LogP contribution is -2.49. The fourth-order valence-electron chi connectivity index (χ4n) is 4.07. The topological polar surface area (TPSA) is 77.3 Å². The molecule has 2 aliphatic heterocycles. The molecule has 0 spiro atoms. The van der Waals surface area contributed by atoms with E-state index in [0.717, 1.165) is 54.9 Å². The molecule has 2 saturated heterocycles. The zero-order chi connectivity index (χ0) is 24.4. The van der Waals surface area contributed by atoms with Crippen LogP contribution in [0.15, 0.2) is 65.3 Å². The van der Waals surface area contributed by atoms with Crippen molar-refractivity contribution in [2.75, 3.05) is 36.8 Å². The number of benzene rings is 2. The minimum atomic E-state index is -0.620. The molecule has 3 heterocycles. The number of rotatable bonds is 5. The standard InChI is InChI=1S/C26H23BrFN5O2/c27-18-8-10-23(29-16-18)31-25(35)20-5-1-2-6-22(20)30-24(34)19-9-7-17(15-21(19)28)26(32-11-3-12-32)33-13-4-14-33/h1-2,5-10,15-16H,3-4,11-14H2,(H-,29,30,31,34,35)/p+1. The summed E-state index contributed by atoms with van der Waals surface area (Å²) in [5, 5.41) is 5.39. The number of carbonyl (C=O) groups is 2. The number of likely N-dealkylation sites (tertiary alicyclic amines) is 1. The van der Waals surface area contributed by atoms with Gasteiger partial charge in [0.1, 0.15) is 11.6 Å². The summed E-state index contributed by atoms with van der Waals surface area (Å²) in [5.74, 6) is -0.241. The van der Waals surface area contributed by atoms with Crippen molar-refractivity contribution in [3.63, 3.8) is 0 Å². The maximum Gasteiger partial charge on any atom is 0.279 e. The molecule has 178 valence electrons. The molecule has 7 nitrogen and oxygen atoms in total. The Hall–Kier alpha value is -3.59. The summed E-state index contributed by atoms with van der Waals surface area (Å²) in [6.07, 6.45) is 3.83. The largest absolute Gasteiger partial charge is 0.321 e. The Bertz CT molecular complexity index is 1320. The van der Waals surface area contributed by atoms with Crippen LogP contribution < -0.4 is 10.6 Å². The Kier molecular flexibility index (Phi) is 6.59. The van der Waals surface area contributed by atoms with Gasteiger partial charge in [0.25, 0.3) is 17.6 Å². The van der Waals surface area contributed by atoms with E-state index < -0.39 is 17.6 Å². The third-order valence-electron chi connectivity index (χ3n) is 6.17. The van der Waals surface area contributed by atoms with Crippen LogP contribution in [0.2, 0.25) is 0 Å². The van der Waals surface area contributed by atoms with E-state index >= 15 is 4.39 Å². The summed E-state index contributed by atoms with van der Waals surface area (Å²) >= 11 is 3.30. The Labute approximate surface area is 210 Å². The first-order valence-corrected chi connectivity index (χ1v) is 12.3. The van der Waals surface area contributed by atoms with Crippen LogP contribution in [-0.2, 0) is 0 Å². The molecule has 2 amide bonds. The molecule has 0 radical (unpaired) electrons. The summed E-state index contributed by atoms with van der Waals surface area (Å²) in [6.45, 7) is 3.85. The van der Waals surface area contributed by atoms with Crippen LogP contribution in [0.25, 0.3) is 0 Å². The van der Waals surface area contributed by atoms with Crippen molar-refractivity contribution >= 4 is 45.1 Å². The van der Waals surface area contributed by atoms with Gasteiger partial charge in [-0.1, -0.05) is 12.1 Å². The monoisotopic (exact) mass is 536 g/mol. The van der Waals surface area contributed by atoms with Crippen LogP contribution in [0.5, 0.6) is 0 Å². The van der Waals surface area contributed by atoms with E-state index in [1.807, 2.05) is 0 Å². The van der Waals surface area contributed by atoms with Crippen LogP contribution in [0.3, 0.4) is 0 Å². The number of para-hydroxylation sites is 1. The molecule has 3 aromatic rings. The Morgan fingerprint density at radius 2 is 1.71 bits per heavy atom. The van der Waals surface area contributed by atoms with Gasteiger partial charge in [-0.15, -0.1) is 0 Å². The van der Waals surface area contributed by atoms with Crippen molar-refractivity contribution in [1.82, 2.24) is 9.88 Å². The number of pyridine rings is 1. The van der Waals surface area contributed by atoms with E-state index in [9.17, 15) is 9.59 Å². The predicted octanol–water partition coefficient (Wildman–Crippen LogP) is 4.36. The first-order chi connectivity index (χ1) is 17.0. The van der Waals surface area contributed by atoms with Gasteiger partial charge in [-0.25, -0.2) is 9.37 Å². The zero-order valence-corrected chi connectivity index (χ0v) is 20.5. The molecule has 2 fully saturated rings. The van der Waals surface area contributed by atoms with Gasteiger partial charge in [0, 0.05) is 23.5 Å². The summed E-state index contributed by atoms with van der Waals surface area (Å²) in [4.78, 5) is 32.2. The molecule has 0 bridgehead atoms. The van der Waals surface area contributed by atoms with Crippen molar-refractivity contribution < 1.29 is 18.6 Å². The molecule has 35 heavy (non-hydrogen) atoms. The van der Waals surface area contributed by atoms with Gasteiger partial charge >= 0.3 is 0 Å². The second-order valence-electron chi connectivity index (χ2n) is 8.51. The van der Waals surface area contributed by atoms with E-state index in [4.69, 9.17) is 0 Å². The minimum absolute atomic E-state index is 0.0786. The number of hydrogen-bond donors (Lipinski definition) is 2. The number of aromatic nitrogens is 1. The molecule has 9 heteroatoms. The number of nitrogens with zero attached hydrogens (tertiary/aromatic N) is 3. The highest BCUT2D eigenvalue weighted by Crippen LogP contribution is 2.22. The Morgan fingerprint density at radius 3 is 2.34 bits per heavy atom. The van der Waals surface area contributed by atoms with Crippen molar-refractivity contribution in [1.29, 1.82) is 0 Å². The van der Waals surface area contributed by atoms with E-state index in [2.05, 4.69) is 41.0 Å². The average molecular weight is 537 g/mol. The van der Waals surface area contributed by atoms with Crippen LogP contribution in [0, 0.1) is 5.82 Å². The van der Waals surface area contributed by atoms with Gasteiger partial charge in [0.15, 0.2) is 0 Å². The molecular formula is C26H24BrFN5O2+. The highest BCUT2D eigenvalue weighted by Gasteiger charge is 2.33. The van der Waals surface area contributed by atoms with E-state index in [1.54, 1.807) is 48.7 Å². The third-order valence-corrected chi connectivity index (χ3v) is 6.64. The van der Waals surface area contributed by atoms with Crippen LogP contribution in [-0.4, -0.2) is 58.3 Å². The molecule has 2 aliphatic rings. The molecule has 5 rings (SSSR count). The maximum atomic E-state index is 15.1. The van der Waals surface area contributed by atoms with Crippen LogP contribution in [0.1, 0.15) is 39.1 Å². The molecule has 0 saturated carbocycles. The summed E-state index contributed by atoms with van der Waals surface area (Å²) in [6, 6.07) is 14.7. The normalized spacial score (nSPS) is 14.6. The van der Waals surface area contributed by atoms with Crippen LogP contribution >= 0.6 is 15.9 Å². The highest BCUT2D eigenvalue weighted by atomic mass is 79.9. The number of carbonyl (C=O) groups excluding carboxylic acids is 2. The van der Waals surface area contributed by atoms with Crippen molar-refractivity contribution in [3.8, 4) is 0 Å². The van der Waals surface area contributed by atoms with Crippen molar-refractivity contribution in [2.45, 2.75) is 12.8 Å². The number of amidine groups is 1. The number of amides is 2. The number of hydrogen-bond acceptors (Lipinski definition) is 3. The predicted molar refractivity (Wildman–Crippen MR) is 136 cm³/mol. The Morgan fingerprint density at radius 1 is 0.943 bits per heavy atom. The first kappa shape index (κ1) is 23.2. The number of nitrogens with one attached hydrogen (secondary N) is 2. The summed E-state index contributed by atoms with van der Waals surface area (Å²) in [7, 11) is 0. The lowest BCUT2D eigenvalue weighted by Gasteiger charge is -2.31. The van der Waals surface area contributed by atoms with E-state index in [0.29, 0.717) is 5.82 Å². The second-order valence-corrected chi connectivity index (χ2v) is 9.43. The molecule has 2 N–H and O–H groups in total.